The SMILES string of the molecule is CC(=O)N1CCN/C1=N\c1ccc(F)c([N+](=O)[O-])c1. The Morgan fingerprint density at radius 1 is 1.58 bits per heavy atom. The van der Waals surface area contributed by atoms with Crippen LogP contribution in [-0.2, 0) is 4.79 Å². The molecule has 0 aromatic heterocycles. The quantitative estimate of drug-likeness (QED) is 0.643. The van der Waals surface area contributed by atoms with Crippen molar-refractivity contribution in [1.29, 1.82) is 0 Å². The molecule has 1 fully saturated rings. The lowest BCUT2D eigenvalue weighted by molar-refractivity contribution is -0.387. The number of amides is 1. The Labute approximate surface area is 107 Å². The van der Waals surface area contributed by atoms with Gasteiger partial charge in [-0.1, -0.05) is 0 Å². The van der Waals surface area contributed by atoms with Crippen molar-refractivity contribution in [3.05, 3.63) is 34.1 Å². The average Bonchev–Trinajstić information content (AvgIpc) is 2.79. The molecule has 7 nitrogen and oxygen atoms in total. The molecule has 0 unspecified atom stereocenters. The summed E-state index contributed by atoms with van der Waals surface area (Å²) in [6.45, 7) is 2.44. The number of nitro groups is 1. The van der Waals surface area contributed by atoms with E-state index in [1.807, 2.05) is 0 Å². The van der Waals surface area contributed by atoms with Gasteiger partial charge in [0.1, 0.15) is 0 Å². The molecule has 100 valence electrons. The summed E-state index contributed by atoms with van der Waals surface area (Å²) < 4.78 is 13.2. The van der Waals surface area contributed by atoms with Crippen molar-refractivity contribution in [2.45, 2.75) is 6.92 Å². The third-order valence-corrected chi connectivity index (χ3v) is 2.62. The summed E-state index contributed by atoms with van der Waals surface area (Å²) in [5, 5.41) is 13.5. The van der Waals surface area contributed by atoms with E-state index in [1.54, 1.807) is 0 Å². The third kappa shape index (κ3) is 2.67. The van der Waals surface area contributed by atoms with E-state index in [9.17, 15) is 19.3 Å². The monoisotopic (exact) mass is 266 g/mol. The summed E-state index contributed by atoms with van der Waals surface area (Å²) in [5.74, 6) is -0.787. The molecule has 1 N–H and O–H groups in total. The fraction of sp³-hybridized carbons (Fsp3) is 0.273. The highest BCUT2D eigenvalue weighted by Gasteiger charge is 2.22. The van der Waals surface area contributed by atoms with Gasteiger partial charge in [-0.25, -0.2) is 4.99 Å². The van der Waals surface area contributed by atoms with E-state index in [1.165, 1.54) is 17.9 Å². The number of aliphatic imine (C=N–C) groups is 1. The van der Waals surface area contributed by atoms with E-state index in [0.29, 0.717) is 19.0 Å². The van der Waals surface area contributed by atoms with Crippen LogP contribution in [0.1, 0.15) is 6.92 Å². The maximum Gasteiger partial charge on any atom is 0.306 e. The van der Waals surface area contributed by atoms with Gasteiger partial charge in [0, 0.05) is 26.1 Å². The maximum atomic E-state index is 13.2. The molecule has 2 rings (SSSR count). The van der Waals surface area contributed by atoms with Crippen LogP contribution in [0.25, 0.3) is 0 Å². The highest BCUT2D eigenvalue weighted by molar-refractivity contribution is 5.98. The van der Waals surface area contributed by atoms with E-state index in [0.717, 1.165) is 12.1 Å². The second kappa shape index (κ2) is 5.01. The number of halogens is 1. The molecule has 1 aliphatic heterocycles. The lowest BCUT2D eigenvalue weighted by Gasteiger charge is -2.12. The molecule has 1 amide bonds. The van der Waals surface area contributed by atoms with Crippen LogP contribution in [0.15, 0.2) is 23.2 Å². The molecule has 1 aromatic rings. The summed E-state index contributed by atoms with van der Waals surface area (Å²) in [5.41, 5.74) is -0.432. The maximum absolute atomic E-state index is 13.2. The molecular weight excluding hydrogens is 255 g/mol. The van der Waals surface area contributed by atoms with E-state index in [4.69, 9.17) is 0 Å². The summed E-state index contributed by atoms with van der Waals surface area (Å²) in [7, 11) is 0. The second-order valence-corrected chi connectivity index (χ2v) is 3.93. The average molecular weight is 266 g/mol. The summed E-state index contributed by atoms with van der Waals surface area (Å²) >= 11 is 0. The zero-order valence-corrected chi connectivity index (χ0v) is 10.1. The molecule has 0 spiro atoms. The number of carbonyl (C=O) groups excluding carboxylic acids is 1. The van der Waals surface area contributed by atoms with Gasteiger partial charge in [-0.2, -0.15) is 4.39 Å². The fourth-order valence-electron chi connectivity index (χ4n) is 1.72. The van der Waals surface area contributed by atoms with Gasteiger partial charge < -0.3 is 5.32 Å². The van der Waals surface area contributed by atoms with Gasteiger partial charge in [-0.05, 0) is 12.1 Å². The van der Waals surface area contributed by atoms with Gasteiger partial charge in [0.15, 0.2) is 0 Å². The van der Waals surface area contributed by atoms with Gasteiger partial charge in [0.2, 0.25) is 17.7 Å². The molecular formula is C11H11FN4O3. The molecule has 1 aliphatic rings. The molecule has 0 saturated carbocycles. The number of hydrogen-bond acceptors (Lipinski definition) is 4. The second-order valence-electron chi connectivity index (χ2n) is 3.93. The molecule has 0 atom stereocenters. The summed E-state index contributed by atoms with van der Waals surface area (Å²) in [6, 6.07) is 3.32. The standard InChI is InChI=1S/C11H11FN4O3/c1-7(17)15-5-4-13-11(15)14-8-2-3-9(12)10(6-8)16(18)19/h2-3,6H,4-5H2,1H3,(H,13,14). The van der Waals surface area contributed by atoms with Gasteiger partial charge in [-0.3, -0.25) is 19.8 Å². The molecule has 8 heteroatoms. The van der Waals surface area contributed by atoms with Crippen molar-refractivity contribution in [2.24, 2.45) is 4.99 Å². The van der Waals surface area contributed by atoms with Gasteiger partial charge in [0.25, 0.3) is 0 Å². The fourth-order valence-corrected chi connectivity index (χ4v) is 1.72. The first-order valence-electron chi connectivity index (χ1n) is 5.53. The highest BCUT2D eigenvalue weighted by Crippen LogP contribution is 2.24. The Morgan fingerprint density at radius 2 is 2.32 bits per heavy atom. The number of guanidine groups is 1. The van der Waals surface area contributed by atoms with E-state index in [2.05, 4.69) is 10.3 Å². The normalized spacial score (nSPS) is 16.5. The number of rotatable bonds is 2. The largest absolute Gasteiger partial charge is 0.354 e. The van der Waals surface area contributed by atoms with Crippen LogP contribution < -0.4 is 5.32 Å². The van der Waals surface area contributed by atoms with Crippen molar-refractivity contribution >= 4 is 23.2 Å². The first-order chi connectivity index (χ1) is 8.99. The molecule has 1 heterocycles. The van der Waals surface area contributed by atoms with Crippen LogP contribution in [0.2, 0.25) is 0 Å². The van der Waals surface area contributed by atoms with Crippen LogP contribution >= 0.6 is 0 Å². The molecule has 0 aliphatic carbocycles. The molecule has 19 heavy (non-hydrogen) atoms. The van der Waals surface area contributed by atoms with Crippen LogP contribution in [0.5, 0.6) is 0 Å². The highest BCUT2D eigenvalue weighted by atomic mass is 19.1. The van der Waals surface area contributed by atoms with Crippen LogP contribution in [0.3, 0.4) is 0 Å². The number of carbonyl (C=O) groups is 1. The number of nitrogens with zero attached hydrogens (tertiary/aromatic N) is 3. The van der Waals surface area contributed by atoms with Crippen molar-refractivity contribution < 1.29 is 14.1 Å². The molecule has 1 aromatic carbocycles. The topological polar surface area (TPSA) is 87.8 Å². The van der Waals surface area contributed by atoms with Gasteiger partial charge in [-0.15, -0.1) is 0 Å². The smallest absolute Gasteiger partial charge is 0.306 e. The molecule has 1 saturated heterocycles. The zero-order chi connectivity index (χ0) is 14.0. The van der Waals surface area contributed by atoms with Crippen LogP contribution in [0, 0.1) is 15.9 Å². The van der Waals surface area contributed by atoms with Crippen LogP contribution in [0.4, 0.5) is 15.8 Å². The van der Waals surface area contributed by atoms with Gasteiger partial charge >= 0.3 is 5.69 Å². The lowest BCUT2D eigenvalue weighted by atomic mass is 10.3. The Hall–Kier alpha value is -2.51. The molecule has 0 bridgehead atoms. The van der Waals surface area contributed by atoms with Gasteiger partial charge in [0.05, 0.1) is 10.6 Å². The third-order valence-electron chi connectivity index (χ3n) is 2.62. The van der Waals surface area contributed by atoms with Crippen molar-refractivity contribution in [3.63, 3.8) is 0 Å². The Morgan fingerprint density at radius 3 is 2.95 bits per heavy atom. The minimum atomic E-state index is -0.920. The van der Waals surface area contributed by atoms with E-state index < -0.39 is 16.4 Å². The number of nitrogens with one attached hydrogen (secondary N) is 1. The van der Waals surface area contributed by atoms with E-state index >= 15 is 0 Å². The van der Waals surface area contributed by atoms with Crippen molar-refractivity contribution in [3.8, 4) is 0 Å². The predicted molar refractivity (Wildman–Crippen MR) is 65.5 cm³/mol. The Bertz CT molecular complexity index is 573. The lowest BCUT2D eigenvalue weighted by Crippen LogP contribution is -2.33. The Balaban J connectivity index is 2.35. The minimum Gasteiger partial charge on any atom is -0.354 e. The number of hydrogen-bond donors (Lipinski definition) is 1. The molecule has 0 radical (unpaired) electrons. The zero-order valence-electron chi connectivity index (χ0n) is 10.1. The first kappa shape index (κ1) is 12.9. The van der Waals surface area contributed by atoms with Crippen molar-refractivity contribution in [2.75, 3.05) is 13.1 Å². The minimum absolute atomic E-state index is 0.180. The number of nitro benzene ring substituents is 1. The van der Waals surface area contributed by atoms with Crippen molar-refractivity contribution in [1.82, 2.24) is 10.2 Å². The summed E-state index contributed by atoms with van der Waals surface area (Å²) in [6.07, 6.45) is 0. The first-order valence-corrected chi connectivity index (χ1v) is 5.53. The van der Waals surface area contributed by atoms with Crippen LogP contribution in [-0.4, -0.2) is 34.8 Å². The Kier molecular flexibility index (Phi) is 3.41. The number of benzene rings is 1. The summed E-state index contributed by atoms with van der Waals surface area (Å²) in [4.78, 5) is 26.6. The van der Waals surface area contributed by atoms with E-state index in [-0.39, 0.29) is 11.6 Å². The predicted octanol–water partition coefficient (Wildman–Crippen LogP) is 1.17.